The zero-order valence-electron chi connectivity index (χ0n) is 15.1. The SMILES string of the molecule is CCCN1CC(C(=O)N2CCN(C(=O)Oc3ccccc3)CC2)CC1=O. The second-order valence-corrected chi connectivity index (χ2v) is 6.73. The molecule has 0 saturated carbocycles. The first-order valence-electron chi connectivity index (χ1n) is 9.17. The molecule has 2 aliphatic rings. The summed E-state index contributed by atoms with van der Waals surface area (Å²) in [7, 11) is 0. The van der Waals surface area contributed by atoms with Gasteiger partial charge in [-0.05, 0) is 18.6 Å². The van der Waals surface area contributed by atoms with Gasteiger partial charge in [0, 0.05) is 45.7 Å². The second-order valence-electron chi connectivity index (χ2n) is 6.73. The largest absolute Gasteiger partial charge is 0.415 e. The number of benzene rings is 1. The van der Waals surface area contributed by atoms with Gasteiger partial charge in [0.05, 0.1) is 5.92 Å². The predicted octanol–water partition coefficient (Wildman–Crippen LogP) is 1.59. The number of hydrogen-bond acceptors (Lipinski definition) is 4. The summed E-state index contributed by atoms with van der Waals surface area (Å²) >= 11 is 0. The number of rotatable bonds is 4. The van der Waals surface area contributed by atoms with Gasteiger partial charge in [-0.2, -0.15) is 0 Å². The molecule has 7 nitrogen and oxygen atoms in total. The highest BCUT2D eigenvalue weighted by Crippen LogP contribution is 2.21. The number of ether oxygens (including phenoxy) is 1. The summed E-state index contributed by atoms with van der Waals surface area (Å²) in [5.41, 5.74) is 0. The zero-order valence-corrected chi connectivity index (χ0v) is 15.1. The molecule has 26 heavy (non-hydrogen) atoms. The molecule has 0 aliphatic carbocycles. The summed E-state index contributed by atoms with van der Waals surface area (Å²) in [6.07, 6.45) is 0.803. The van der Waals surface area contributed by atoms with Gasteiger partial charge in [-0.3, -0.25) is 9.59 Å². The highest BCUT2D eigenvalue weighted by atomic mass is 16.6. The number of nitrogens with zero attached hydrogens (tertiary/aromatic N) is 3. The molecule has 3 amide bonds. The molecule has 2 heterocycles. The maximum atomic E-state index is 12.7. The molecule has 1 aromatic carbocycles. The van der Waals surface area contributed by atoms with Crippen LogP contribution in [0.4, 0.5) is 4.79 Å². The minimum atomic E-state index is -0.395. The van der Waals surface area contributed by atoms with E-state index >= 15 is 0 Å². The van der Waals surface area contributed by atoms with E-state index in [9.17, 15) is 14.4 Å². The lowest BCUT2D eigenvalue weighted by molar-refractivity contribution is -0.137. The maximum absolute atomic E-state index is 12.7. The van der Waals surface area contributed by atoms with Crippen LogP contribution in [0.1, 0.15) is 19.8 Å². The van der Waals surface area contributed by atoms with Crippen molar-refractivity contribution in [3.05, 3.63) is 30.3 Å². The van der Waals surface area contributed by atoms with E-state index in [4.69, 9.17) is 4.74 Å². The Kier molecular flexibility index (Phi) is 5.75. The summed E-state index contributed by atoms with van der Waals surface area (Å²) < 4.78 is 5.34. The third kappa shape index (κ3) is 4.15. The fourth-order valence-electron chi connectivity index (χ4n) is 3.45. The van der Waals surface area contributed by atoms with Crippen molar-refractivity contribution in [1.29, 1.82) is 0 Å². The predicted molar refractivity (Wildman–Crippen MR) is 95.6 cm³/mol. The Morgan fingerprint density at radius 2 is 1.73 bits per heavy atom. The number of para-hydroxylation sites is 1. The van der Waals surface area contributed by atoms with Crippen LogP contribution in [-0.4, -0.2) is 71.9 Å². The molecule has 0 bridgehead atoms. The third-order valence-corrected chi connectivity index (χ3v) is 4.86. The van der Waals surface area contributed by atoms with Crippen molar-refractivity contribution in [1.82, 2.24) is 14.7 Å². The molecule has 7 heteroatoms. The number of hydrogen-bond donors (Lipinski definition) is 0. The van der Waals surface area contributed by atoms with Crippen molar-refractivity contribution in [2.75, 3.05) is 39.3 Å². The quantitative estimate of drug-likeness (QED) is 0.819. The molecule has 0 spiro atoms. The van der Waals surface area contributed by atoms with Crippen molar-refractivity contribution in [3.8, 4) is 5.75 Å². The third-order valence-electron chi connectivity index (χ3n) is 4.86. The topological polar surface area (TPSA) is 70.2 Å². The lowest BCUT2D eigenvalue weighted by atomic mass is 10.1. The summed E-state index contributed by atoms with van der Waals surface area (Å²) in [4.78, 5) is 42.0. The molecular weight excluding hydrogens is 334 g/mol. The lowest BCUT2D eigenvalue weighted by Gasteiger charge is -2.35. The van der Waals surface area contributed by atoms with Crippen molar-refractivity contribution in [2.24, 2.45) is 5.92 Å². The Bertz CT molecular complexity index is 656. The van der Waals surface area contributed by atoms with E-state index in [0.29, 0.717) is 51.4 Å². The molecule has 1 aromatic rings. The van der Waals surface area contributed by atoms with Gasteiger partial charge < -0.3 is 19.4 Å². The van der Waals surface area contributed by atoms with Gasteiger partial charge in [0.2, 0.25) is 11.8 Å². The summed E-state index contributed by atoms with van der Waals surface area (Å²) in [5.74, 6) is 0.344. The van der Waals surface area contributed by atoms with Gasteiger partial charge in [-0.25, -0.2) is 4.79 Å². The van der Waals surface area contributed by atoms with E-state index in [1.54, 1.807) is 26.8 Å². The van der Waals surface area contributed by atoms with E-state index in [-0.39, 0.29) is 17.7 Å². The number of carbonyl (C=O) groups is 3. The summed E-state index contributed by atoms with van der Waals surface area (Å²) in [6, 6.07) is 8.94. The first kappa shape index (κ1) is 18.2. The van der Waals surface area contributed by atoms with Crippen molar-refractivity contribution in [2.45, 2.75) is 19.8 Å². The van der Waals surface area contributed by atoms with E-state index in [1.165, 1.54) is 0 Å². The minimum Gasteiger partial charge on any atom is -0.410 e. The van der Waals surface area contributed by atoms with Gasteiger partial charge in [0.1, 0.15) is 5.75 Å². The van der Waals surface area contributed by atoms with Gasteiger partial charge >= 0.3 is 6.09 Å². The molecular formula is C19H25N3O4. The highest BCUT2D eigenvalue weighted by molar-refractivity contribution is 5.89. The van der Waals surface area contributed by atoms with Crippen LogP contribution in [0.15, 0.2) is 30.3 Å². The molecule has 3 rings (SSSR count). The molecule has 0 N–H and O–H groups in total. The Balaban J connectivity index is 1.48. The Morgan fingerprint density at radius 1 is 1.08 bits per heavy atom. The van der Waals surface area contributed by atoms with Crippen molar-refractivity contribution >= 4 is 17.9 Å². The molecule has 2 saturated heterocycles. The standard InChI is InChI=1S/C19H25N3O4/c1-2-8-22-14-15(13-17(22)23)18(24)20-9-11-21(12-10-20)19(25)26-16-6-4-3-5-7-16/h3-7,15H,2,8-14H2,1H3. The van der Waals surface area contributed by atoms with Crippen LogP contribution in [0, 0.1) is 5.92 Å². The Labute approximate surface area is 153 Å². The monoisotopic (exact) mass is 359 g/mol. The molecule has 1 atom stereocenters. The molecule has 0 radical (unpaired) electrons. The van der Waals surface area contributed by atoms with Crippen LogP contribution < -0.4 is 4.74 Å². The fourth-order valence-corrected chi connectivity index (χ4v) is 3.45. The zero-order chi connectivity index (χ0) is 18.5. The van der Waals surface area contributed by atoms with Crippen LogP contribution in [0.2, 0.25) is 0 Å². The normalized spacial score (nSPS) is 20.4. The summed E-state index contributed by atoms with van der Waals surface area (Å²) in [6.45, 7) is 5.08. The van der Waals surface area contributed by atoms with Gasteiger partial charge in [-0.15, -0.1) is 0 Å². The van der Waals surface area contributed by atoms with E-state index in [2.05, 4.69) is 0 Å². The summed E-state index contributed by atoms with van der Waals surface area (Å²) in [5, 5.41) is 0. The number of piperazine rings is 1. The van der Waals surface area contributed by atoms with Crippen molar-refractivity contribution < 1.29 is 19.1 Å². The molecule has 1 unspecified atom stereocenters. The average molecular weight is 359 g/mol. The van der Waals surface area contributed by atoms with Gasteiger partial charge in [-0.1, -0.05) is 25.1 Å². The van der Waals surface area contributed by atoms with Crippen LogP contribution >= 0.6 is 0 Å². The Hall–Kier alpha value is -2.57. The molecule has 140 valence electrons. The average Bonchev–Trinajstić information content (AvgIpc) is 3.03. The van der Waals surface area contributed by atoms with E-state index in [1.807, 2.05) is 25.1 Å². The number of likely N-dealkylation sites (tertiary alicyclic amines) is 1. The second kappa shape index (κ2) is 8.21. The first-order valence-corrected chi connectivity index (χ1v) is 9.17. The smallest absolute Gasteiger partial charge is 0.410 e. The molecule has 2 fully saturated rings. The first-order chi connectivity index (χ1) is 12.6. The van der Waals surface area contributed by atoms with Crippen LogP contribution in [0.3, 0.4) is 0 Å². The molecule has 0 aromatic heterocycles. The molecule has 2 aliphatic heterocycles. The van der Waals surface area contributed by atoms with Gasteiger partial charge in [0.25, 0.3) is 0 Å². The number of amides is 3. The van der Waals surface area contributed by atoms with E-state index < -0.39 is 6.09 Å². The fraction of sp³-hybridized carbons (Fsp3) is 0.526. The lowest BCUT2D eigenvalue weighted by Crippen LogP contribution is -2.52. The van der Waals surface area contributed by atoms with Crippen LogP contribution in [0.25, 0.3) is 0 Å². The number of carbonyl (C=O) groups excluding carboxylic acids is 3. The Morgan fingerprint density at radius 3 is 2.38 bits per heavy atom. The minimum absolute atomic E-state index is 0.0213. The van der Waals surface area contributed by atoms with E-state index in [0.717, 1.165) is 6.42 Å². The highest BCUT2D eigenvalue weighted by Gasteiger charge is 2.37. The van der Waals surface area contributed by atoms with Crippen molar-refractivity contribution in [3.63, 3.8) is 0 Å². The van der Waals surface area contributed by atoms with Crippen LogP contribution in [0.5, 0.6) is 5.75 Å². The maximum Gasteiger partial charge on any atom is 0.415 e. The van der Waals surface area contributed by atoms with Gasteiger partial charge in [0.15, 0.2) is 0 Å². The van der Waals surface area contributed by atoms with Crippen LogP contribution in [-0.2, 0) is 9.59 Å².